The van der Waals surface area contributed by atoms with E-state index >= 15 is 0 Å². The summed E-state index contributed by atoms with van der Waals surface area (Å²) in [7, 11) is 1.65. The molecule has 2 aromatic rings. The maximum Gasteiger partial charge on any atom is 0.246 e. The zero-order chi connectivity index (χ0) is 17.4. The zero-order valence-corrected chi connectivity index (χ0v) is 14.6. The molecule has 0 N–H and O–H groups in total. The molecule has 1 aromatic carbocycles. The minimum absolute atomic E-state index is 0.0179. The SMILES string of the molecule is CCC(CC)N(CCOC)C(=O)/C=C/c1cnc2ccccc2n1. The number of nitrogens with zero attached hydrogens (tertiary/aromatic N) is 3. The molecule has 0 atom stereocenters. The third kappa shape index (κ3) is 4.61. The van der Waals surface area contributed by atoms with E-state index in [0.717, 1.165) is 23.9 Å². The molecule has 0 spiro atoms. The molecule has 5 heteroatoms. The summed E-state index contributed by atoms with van der Waals surface area (Å²) in [6.45, 7) is 5.32. The first-order valence-corrected chi connectivity index (χ1v) is 8.39. The number of rotatable bonds is 8. The van der Waals surface area contributed by atoms with Crippen molar-refractivity contribution in [1.29, 1.82) is 0 Å². The number of hydrogen-bond donors (Lipinski definition) is 0. The highest BCUT2D eigenvalue weighted by Gasteiger charge is 2.18. The van der Waals surface area contributed by atoms with E-state index in [1.54, 1.807) is 25.5 Å². The maximum absolute atomic E-state index is 12.6. The number of carbonyl (C=O) groups excluding carboxylic acids is 1. The number of fused-ring (bicyclic) bond motifs is 1. The molecule has 2 rings (SSSR count). The Labute approximate surface area is 143 Å². The minimum Gasteiger partial charge on any atom is -0.383 e. The molecule has 0 aliphatic carbocycles. The van der Waals surface area contributed by atoms with Gasteiger partial charge in [0.1, 0.15) is 0 Å². The van der Waals surface area contributed by atoms with Crippen LogP contribution in [0.4, 0.5) is 0 Å². The topological polar surface area (TPSA) is 55.3 Å². The minimum atomic E-state index is -0.0179. The molecule has 128 valence electrons. The van der Waals surface area contributed by atoms with Gasteiger partial charge in [-0.2, -0.15) is 0 Å². The van der Waals surface area contributed by atoms with Gasteiger partial charge in [0.05, 0.1) is 29.5 Å². The largest absolute Gasteiger partial charge is 0.383 e. The van der Waals surface area contributed by atoms with Crippen LogP contribution in [0.1, 0.15) is 32.4 Å². The van der Waals surface area contributed by atoms with Crippen LogP contribution in [-0.4, -0.2) is 47.1 Å². The number of para-hydroxylation sites is 2. The van der Waals surface area contributed by atoms with Crippen molar-refractivity contribution in [1.82, 2.24) is 14.9 Å². The first kappa shape index (κ1) is 18.1. The number of benzene rings is 1. The van der Waals surface area contributed by atoms with Crippen LogP contribution in [0.2, 0.25) is 0 Å². The summed E-state index contributed by atoms with van der Waals surface area (Å²) in [5.41, 5.74) is 2.35. The van der Waals surface area contributed by atoms with Crippen LogP contribution in [-0.2, 0) is 9.53 Å². The summed E-state index contributed by atoms with van der Waals surface area (Å²) in [6, 6.07) is 7.91. The fraction of sp³-hybridized carbons (Fsp3) is 0.421. The average Bonchev–Trinajstić information content (AvgIpc) is 2.63. The summed E-state index contributed by atoms with van der Waals surface area (Å²) in [4.78, 5) is 23.3. The second kappa shape index (κ2) is 9.13. The molecule has 0 aliphatic heterocycles. The van der Waals surface area contributed by atoms with E-state index in [9.17, 15) is 4.79 Å². The van der Waals surface area contributed by atoms with Crippen molar-refractivity contribution in [3.63, 3.8) is 0 Å². The second-order valence-electron chi connectivity index (χ2n) is 5.61. The highest BCUT2D eigenvalue weighted by Crippen LogP contribution is 2.12. The first-order valence-electron chi connectivity index (χ1n) is 8.39. The monoisotopic (exact) mass is 327 g/mol. The predicted octanol–water partition coefficient (Wildman–Crippen LogP) is 3.31. The third-order valence-corrected chi connectivity index (χ3v) is 4.07. The lowest BCUT2D eigenvalue weighted by Crippen LogP contribution is -2.40. The van der Waals surface area contributed by atoms with Crippen molar-refractivity contribution in [2.75, 3.05) is 20.3 Å². The highest BCUT2D eigenvalue weighted by molar-refractivity contribution is 5.92. The molecule has 24 heavy (non-hydrogen) atoms. The number of ether oxygens (including phenoxy) is 1. The Morgan fingerprint density at radius 3 is 2.62 bits per heavy atom. The van der Waals surface area contributed by atoms with Crippen LogP contribution in [0.25, 0.3) is 17.1 Å². The molecular formula is C19H25N3O2. The molecule has 0 aliphatic rings. The van der Waals surface area contributed by atoms with E-state index in [1.165, 1.54) is 0 Å². The fourth-order valence-electron chi connectivity index (χ4n) is 2.70. The van der Waals surface area contributed by atoms with Gasteiger partial charge in [0.25, 0.3) is 0 Å². The summed E-state index contributed by atoms with van der Waals surface area (Å²) in [6.07, 6.45) is 6.84. The Balaban J connectivity index is 2.15. The van der Waals surface area contributed by atoms with Crippen LogP contribution in [0.5, 0.6) is 0 Å². The third-order valence-electron chi connectivity index (χ3n) is 4.07. The molecule has 1 aromatic heterocycles. The molecule has 0 fully saturated rings. The molecule has 1 heterocycles. The van der Waals surface area contributed by atoms with Gasteiger partial charge in [-0.05, 0) is 31.1 Å². The van der Waals surface area contributed by atoms with E-state index in [4.69, 9.17) is 4.74 Å². The van der Waals surface area contributed by atoms with Crippen LogP contribution < -0.4 is 0 Å². The Morgan fingerprint density at radius 2 is 1.96 bits per heavy atom. The lowest BCUT2D eigenvalue weighted by molar-refractivity contribution is -0.129. The van der Waals surface area contributed by atoms with E-state index in [2.05, 4.69) is 23.8 Å². The van der Waals surface area contributed by atoms with Gasteiger partial charge in [-0.1, -0.05) is 26.0 Å². The van der Waals surface area contributed by atoms with E-state index in [-0.39, 0.29) is 11.9 Å². The lowest BCUT2D eigenvalue weighted by atomic mass is 10.1. The molecule has 0 radical (unpaired) electrons. The molecule has 0 bridgehead atoms. The molecule has 5 nitrogen and oxygen atoms in total. The Bertz CT molecular complexity index is 696. The Hall–Kier alpha value is -2.27. The van der Waals surface area contributed by atoms with E-state index in [0.29, 0.717) is 18.8 Å². The van der Waals surface area contributed by atoms with Gasteiger partial charge in [0, 0.05) is 25.8 Å². The normalized spacial score (nSPS) is 11.5. The number of hydrogen-bond acceptors (Lipinski definition) is 4. The van der Waals surface area contributed by atoms with E-state index < -0.39 is 0 Å². The van der Waals surface area contributed by atoms with Gasteiger partial charge >= 0.3 is 0 Å². The maximum atomic E-state index is 12.6. The van der Waals surface area contributed by atoms with E-state index in [1.807, 2.05) is 29.2 Å². The van der Waals surface area contributed by atoms with Gasteiger partial charge in [-0.15, -0.1) is 0 Å². The lowest BCUT2D eigenvalue weighted by Gasteiger charge is -2.29. The smallest absolute Gasteiger partial charge is 0.246 e. The van der Waals surface area contributed by atoms with Gasteiger partial charge in [-0.3, -0.25) is 9.78 Å². The van der Waals surface area contributed by atoms with Gasteiger partial charge in [-0.25, -0.2) is 4.98 Å². The highest BCUT2D eigenvalue weighted by atomic mass is 16.5. The van der Waals surface area contributed by atoms with Crippen LogP contribution >= 0.6 is 0 Å². The standard InChI is InChI=1S/C19H25N3O2/c1-4-16(5-2)22(12-13-24-3)19(23)11-10-15-14-20-17-8-6-7-9-18(17)21-15/h6-11,14,16H,4-5,12-13H2,1-3H3/b11-10+. The van der Waals surface area contributed by atoms with Crippen molar-refractivity contribution in [3.8, 4) is 0 Å². The quantitative estimate of drug-likeness (QED) is 0.698. The molecule has 0 saturated heterocycles. The Kier molecular flexibility index (Phi) is 6.88. The Morgan fingerprint density at radius 1 is 1.25 bits per heavy atom. The molecular weight excluding hydrogens is 302 g/mol. The van der Waals surface area contributed by atoms with Crippen molar-refractivity contribution in [3.05, 3.63) is 42.2 Å². The zero-order valence-electron chi connectivity index (χ0n) is 14.6. The summed E-state index contributed by atoms with van der Waals surface area (Å²) >= 11 is 0. The first-order chi connectivity index (χ1) is 11.7. The van der Waals surface area contributed by atoms with Crippen molar-refractivity contribution < 1.29 is 9.53 Å². The van der Waals surface area contributed by atoms with Crippen LogP contribution in [0, 0.1) is 0 Å². The predicted molar refractivity (Wildman–Crippen MR) is 96.5 cm³/mol. The van der Waals surface area contributed by atoms with Gasteiger partial charge < -0.3 is 9.64 Å². The van der Waals surface area contributed by atoms with Gasteiger partial charge in [0.15, 0.2) is 0 Å². The number of methoxy groups -OCH3 is 1. The second-order valence-corrected chi connectivity index (χ2v) is 5.61. The summed E-state index contributed by atoms with van der Waals surface area (Å²) in [5.74, 6) is -0.0179. The molecule has 0 unspecified atom stereocenters. The summed E-state index contributed by atoms with van der Waals surface area (Å²) in [5, 5.41) is 0. The van der Waals surface area contributed by atoms with Crippen molar-refractivity contribution in [2.45, 2.75) is 32.7 Å². The molecule has 0 saturated carbocycles. The van der Waals surface area contributed by atoms with Crippen molar-refractivity contribution in [2.24, 2.45) is 0 Å². The fourth-order valence-corrected chi connectivity index (χ4v) is 2.70. The van der Waals surface area contributed by atoms with Gasteiger partial charge in [0.2, 0.25) is 5.91 Å². The number of carbonyl (C=O) groups is 1. The molecule has 1 amide bonds. The summed E-state index contributed by atoms with van der Waals surface area (Å²) < 4.78 is 5.13. The van der Waals surface area contributed by atoms with Crippen LogP contribution in [0.15, 0.2) is 36.5 Å². The van der Waals surface area contributed by atoms with Crippen LogP contribution in [0.3, 0.4) is 0 Å². The van der Waals surface area contributed by atoms with Crippen molar-refractivity contribution >= 4 is 23.0 Å². The number of amides is 1. The average molecular weight is 327 g/mol. The number of aromatic nitrogens is 2.